The number of ether oxygens (including phenoxy) is 1. The zero-order valence-electron chi connectivity index (χ0n) is 14.1. The van der Waals surface area contributed by atoms with Crippen LogP contribution in [0.3, 0.4) is 0 Å². The van der Waals surface area contributed by atoms with Crippen LogP contribution in [0.5, 0.6) is 5.75 Å². The third-order valence-electron chi connectivity index (χ3n) is 4.00. The second-order valence-corrected chi connectivity index (χ2v) is 7.00. The number of hydrogen-bond acceptors (Lipinski definition) is 3. The van der Waals surface area contributed by atoms with Gasteiger partial charge in [-0.1, -0.05) is 29.8 Å². The van der Waals surface area contributed by atoms with Crippen LogP contribution < -0.4 is 15.8 Å². The van der Waals surface area contributed by atoms with Gasteiger partial charge in [0.1, 0.15) is 5.75 Å². The number of unbranched alkanes of at least 4 members (excludes halogenated alkanes) is 1. The summed E-state index contributed by atoms with van der Waals surface area (Å²) < 4.78 is 6.66. The third kappa shape index (κ3) is 8.04. The highest BCUT2D eigenvalue weighted by Crippen LogP contribution is 2.17. The first-order chi connectivity index (χ1) is 10.4. The largest absolute Gasteiger partial charge is 0.494 e. The fourth-order valence-corrected chi connectivity index (χ4v) is 2.18. The van der Waals surface area contributed by atoms with E-state index in [-0.39, 0.29) is 23.9 Å². The maximum Gasteiger partial charge on any atom is 0.220 e. The average molecular weight is 408 g/mol. The molecular weight excluding hydrogens is 380 g/mol. The predicted octanol–water partition coefficient (Wildman–Crippen LogP) is 3.91. The van der Waals surface area contributed by atoms with Crippen LogP contribution in [0.4, 0.5) is 0 Å². The molecule has 1 aromatic rings. The van der Waals surface area contributed by atoms with E-state index in [1.807, 2.05) is 31.2 Å². The second kappa shape index (κ2) is 10.9. The number of rotatable bonds is 9. The highest BCUT2D eigenvalue weighted by molar-refractivity contribution is 9.10. The van der Waals surface area contributed by atoms with E-state index in [2.05, 4.69) is 35.1 Å². The minimum Gasteiger partial charge on any atom is -0.494 e. The van der Waals surface area contributed by atoms with E-state index in [0.717, 1.165) is 23.1 Å². The molecule has 1 atom stereocenters. The van der Waals surface area contributed by atoms with Crippen molar-refractivity contribution in [3.63, 3.8) is 0 Å². The monoisotopic (exact) mass is 406 g/mol. The van der Waals surface area contributed by atoms with Gasteiger partial charge >= 0.3 is 0 Å². The van der Waals surface area contributed by atoms with Gasteiger partial charge in [0, 0.05) is 17.4 Å². The van der Waals surface area contributed by atoms with Crippen LogP contribution in [0.1, 0.15) is 40.0 Å². The van der Waals surface area contributed by atoms with Crippen molar-refractivity contribution in [2.75, 3.05) is 13.2 Å². The Kier molecular flexibility index (Phi) is 10.5. The summed E-state index contributed by atoms with van der Waals surface area (Å²) >= 11 is 3.39. The SMILES string of the molecule is CC(C)C(C)(CN)NC(=O)CCCCOc1ccc(Br)cc1.Cl. The molecule has 0 aliphatic rings. The lowest BCUT2D eigenvalue weighted by Gasteiger charge is -2.33. The van der Waals surface area contributed by atoms with Gasteiger partial charge in [-0.05, 0) is 49.9 Å². The molecule has 0 bridgehead atoms. The molecule has 132 valence electrons. The molecule has 0 radical (unpaired) electrons. The van der Waals surface area contributed by atoms with Gasteiger partial charge in [0.15, 0.2) is 0 Å². The smallest absolute Gasteiger partial charge is 0.220 e. The molecule has 1 amide bonds. The van der Waals surface area contributed by atoms with E-state index >= 15 is 0 Å². The van der Waals surface area contributed by atoms with Crippen LogP contribution >= 0.6 is 28.3 Å². The molecule has 0 fully saturated rings. The summed E-state index contributed by atoms with van der Waals surface area (Å²) in [6, 6.07) is 7.74. The summed E-state index contributed by atoms with van der Waals surface area (Å²) in [5, 5.41) is 3.05. The predicted molar refractivity (Wildman–Crippen MR) is 101 cm³/mol. The Morgan fingerprint density at radius 1 is 1.30 bits per heavy atom. The maximum absolute atomic E-state index is 12.0. The molecule has 0 saturated heterocycles. The summed E-state index contributed by atoms with van der Waals surface area (Å²) in [6.07, 6.45) is 2.16. The van der Waals surface area contributed by atoms with Crippen molar-refractivity contribution in [1.82, 2.24) is 5.32 Å². The number of carbonyl (C=O) groups excluding carboxylic acids is 1. The first-order valence-corrected chi connectivity index (χ1v) is 8.56. The number of hydrogen-bond donors (Lipinski definition) is 2. The molecule has 0 aromatic heterocycles. The maximum atomic E-state index is 12.0. The summed E-state index contributed by atoms with van der Waals surface area (Å²) in [4.78, 5) is 12.0. The molecular formula is C17H28BrClN2O2. The minimum atomic E-state index is -0.328. The van der Waals surface area contributed by atoms with Crippen LogP contribution in [0, 0.1) is 5.92 Å². The highest BCUT2D eigenvalue weighted by Gasteiger charge is 2.28. The van der Waals surface area contributed by atoms with Crippen LogP contribution in [-0.4, -0.2) is 24.6 Å². The fourth-order valence-electron chi connectivity index (χ4n) is 1.92. The lowest BCUT2D eigenvalue weighted by atomic mass is 9.88. The van der Waals surface area contributed by atoms with Crippen molar-refractivity contribution in [3.05, 3.63) is 28.7 Å². The molecule has 0 heterocycles. The first-order valence-electron chi connectivity index (χ1n) is 7.77. The quantitative estimate of drug-likeness (QED) is 0.610. The third-order valence-corrected chi connectivity index (χ3v) is 4.53. The van der Waals surface area contributed by atoms with Crippen molar-refractivity contribution in [1.29, 1.82) is 0 Å². The number of halogens is 2. The molecule has 1 unspecified atom stereocenters. The average Bonchev–Trinajstić information content (AvgIpc) is 2.48. The number of benzene rings is 1. The minimum absolute atomic E-state index is 0. The van der Waals surface area contributed by atoms with Crippen molar-refractivity contribution >= 4 is 34.2 Å². The Hall–Kier alpha value is -0.780. The van der Waals surface area contributed by atoms with Crippen molar-refractivity contribution in [2.24, 2.45) is 11.7 Å². The van der Waals surface area contributed by atoms with Crippen molar-refractivity contribution in [3.8, 4) is 5.75 Å². The zero-order chi connectivity index (χ0) is 16.6. The normalized spacial score (nSPS) is 13.1. The Bertz CT molecular complexity index is 468. The molecule has 1 aromatic carbocycles. The number of nitrogens with one attached hydrogen (secondary N) is 1. The standard InChI is InChI=1S/C17H27BrN2O2.ClH/c1-13(2)17(3,12-19)20-16(21)6-4-5-11-22-15-9-7-14(18)8-10-15;/h7-10,13H,4-6,11-12,19H2,1-3H3,(H,20,21);1H. The summed E-state index contributed by atoms with van der Waals surface area (Å²) in [6.45, 7) is 7.20. The topological polar surface area (TPSA) is 64.3 Å². The summed E-state index contributed by atoms with van der Waals surface area (Å²) in [5.41, 5.74) is 5.44. The van der Waals surface area contributed by atoms with Crippen LogP contribution in [0.25, 0.3) is 0 Å². The summed E-state index contributed by atoms with van der Waals surface area (Å²) in [5.74, 6) is 1.22. The lowest BCUT2D eigenvalue weighted by Crippen LogP contribution is -2.54. The van der Waals surface area contributed by atoms with E-state index in [1.165, 1.54) is 0 Å². The molecule has 23 heavy (non-hydrogen) atoms. The molecule has 0 aliphatic heterocycles. The molecule has 1 rings (SSSR count). The molecule has 0 spiro atoms. The number of nitrogens with two attached hydrogens (primary N) is 1. The zero-order valence-corrected chi connectivity index (χ0v) is 16.5. The van der Waals surface area contributed by atoms with Crippen LogP contribution in [0.2, 0.25) is 0 Å². The molecule has 3 N–H and O–H groups in total. The second-order valence-electron chi connectivity index (χ2n) is 6.08. The highest BCUT2D eigenvalue weighted by atomic mass is 79.9. The Morgan fingerprint density at radius 3 is 2.43 bits per heavy atom. The fraction of sp³-hybridized carbons (Fsp3) is 0.588. The van der Waals surface area contributed by atoms with E-state index < -0.39 is 0 Å². The first kappa shape index (κ1) is 22.2. The van der Waals surface area contributed by atoms with Gasteiger partial charge < -0.3 is 15.8 Å². The summed E-state index contributed by atoms with van der Waals surface area (Å²) in [7, 11) is 0. The van der Waals surface area contributed by atoms with E-state index in [9.17, 15) is 4.79 Å². The molecule has 6 heteroatoms. The Labute approximate surface area is 154 Å². The van der Waals surface area contributed by atoms with E-state index in [1.54, 1.807) is 0 Å². The van der Waals surface area contributed by atoms with E-state index in [0.29, 0.717) is 25.5 Å². The molecule has 4 nitrogen and oxygen atoms in total. The van der Waals surface area contributed by atoms with Gasteiger partial charge in [-0.2, -0.15) is 0 Å². The van der Waals surface area contributed by atoms with Crippen molar-refractivity contribution < 1.29 is 9.53 Å². The molecule has 0 saturated carbocycles. The van der Waals surface area contributed by atoms with Gasteiger partial charge in [0.2, 0.25) is 5.91 Å². The van der Waals surface area contributed by atoms with Crippen LogP contribution in [-0.2, 0) is 4.79 Å². The van der Waals surface area contributed by atoms with Gasteiger partial charge in [0.05, 0.1) is 12.1 Å². The number of carbonyl (C=O) groups is 1. The van der Waals surface area contributed by atoms with Gasteiger partial charge in [0.25, 0.3) is 0 Å². The Balaban J connectivity index is 0.00000484. The number of amides is 1. The van der Waals surface area contributed by atoms with Gasteiger partial charge in [-0.3, -0.25) is 4.79 Å². The van der Waals surface area contributed by atoms with Gasteiger partial charge in [-0.15, -0.1) is 12.4 Å². The van der Waals surface area contributed by atoms with Crippen molar-refractivity contribution in [2.45, 2.75) is 45.6 Å². The molecule has 0 aliphatic carbocycles. The van der Waals surface area contributed by atoms with Gasteiger partial charge in [-0.25, -0.2) is 0 Å². The Morgan fingerprint density at radius 2 is 1.91 bits per heavy atom. The lowest BCUT2D eigenvalue weighted by molar-refractivity contribution is -0.123. The van der Waals surface area contributed by atoms with Crippen LogP contribution in [0.15, 0.2) is 28.7 Å². The van der Waals surface area contributed by atoms with E-state index in [4.69, 9.17) is 10.5 Å².